The van der Waals surface area contributed by atoms with Crippen LogP contribution in [0, 0.1) is 12.1 Å². The maximum absolute atomic E-state index is 6.09. The van der Waals surface area contributed by atoms with Gasteiger partial charge in [-0.15, -0.1) is 47.3 Å². The van der Waals surface area contributed by atoms with Crippen LogP contribution in [0.4, 0.5) is 0 Å². The zero-order valence-electron chi connectivity index (χ0n) is 28.2. The molecule has 0 atom stereocenters. The van der Waals surface area contributed by atoms with Gasteiger partial charge in [-0.25, -0.2) is 0 Å². The quantitative estimate of drug-likeness (QED) is 0.129. The summed E-state index contributed by atoms with van der Waals surface area (Å²) >= 11 is 0. The number of pyridine rings is 2. The first-order valence-electron chi connectivity index (χ1n) is 16.2. The predicted octanol–water partition coefficient (Wildman–Crippen LogP) is 11.9. The van der Waals surface area contributed by atoms with E-state index in [4.69, 9.17) is 4.42 Å². The summed E-state index contributed by atoms with van der Waals surface area (Å²) in [6.45, 7) is 13.3. The molecule has 1 radical (unpaired) electrons. The molecule has 0 aliphatic carbocycles. The largest absolute Gasteiger partial charge is 0.501 e. The van der Waals surface area contributed by atoms with E-state index < -0.39 is 0 Å². The summed E-state index contributed by atoms with van der Waals surface area (Å²) < 4.78 is 6.09. The fraction of sp³-hybridized carbons (Fsp3) is 0.182. The molecular weight excluding hydrogens is 765 g/mol. The van der Waals surface area contributed by atoms with Crippen LogP contribution in [-0.4, -0.2) is 9.97 Å². The zero-order chi connectivity index (χ0) is 32.8. The van der Waals surface area contributed by atoms with Crippen molar-refractivity contribution < 1.29 is 24.5 Å². The van der Waals surface area contributed by atoms with E-state index in [0.717, 1.165) is 44.5 Å². The van der Waals surface area contributed by atoms with Gasteiger partial charge in [-0.3, -0.25) is 0 Å². The van der Waals surface area contributed by atoms with Crippen molar-refractivity contribution in [2.24, 2.45) is 0 Å². The van der Waals surface area contributed by atoms with E-state index in [1.54, 1.807) is 0 Å². The minimum atomic E-state index is 0. The number of aromatic nitrogens is 2. The van der Waals surface area contributed by atoms with Gasteiger partial charge >= 0.3 is 0 Å². The Labute approximate surface area is 296 Å². The maximum atomic E-state index is 6.09. The van der Waals surface area contributed by atoms with Gasteiger partial charge in [0.2, 0.25) is 0 Å². The SMILES string of the molecule is CC(C)(C)c1ccnc(-c2[c-]cc3c(ccc4ccccc43)c2)c1.CC(C)(C)c1ccnc(-c2[c-]ccc3c2oc2ccccc23)c1.[Ir]. The molecule has 0 saturated carbocycles. The molecule has 5 aromatic carbocycles. The molecule has 0 saturated heterocycles. The number of nitrogens with zero attached hydrogens (tertiary/aromatic N) is 2. The van der Waals surface area contributed by atoms with Gasteiger partial charge in [-0.1, -0.05) is 130 Å². The monoisotopic (exact) mass is 803 g/mol. The molecule has 0 fully saturated rings. The summed E-state index contributed by atoms with van der Waals surface area (Å²) in [5, 5.41) is 7.24. The van der Waals surface area contributed by atoms with Crippen LogP contribution in [0.15, 0.2) is 126 Å². The standard InChI is InChI=1S/C23H20N.C21H18NO.Ir/c1-23(2,3)19-12-13-24-22(15-19)18-10-11-21-17(14-18)9-8-16-6-4-5-7-20(16)21;1-21(2,3)14-11-12-22-18(13-14)17-9-6-8-16-15-7-4-5-10-19(15)23-20(16)17;/h4-9,11-15H,1-3H3;4-8,10-13H,1-3H3;/q2*-1;. The van der Waals surface area contributed by atoms with Crippen molar-refractivity contribution in [2.45, 2.75) is 52.4 Å². The van der Waals surface area contributed by atoms with E-state index in [-0.39, 0.29) is 30.9 Å². The first-order chi connectivity index (χ1) is 22.6. The third-order valence-electron chi connectivity index (χ3n) is 8.80. The Balaban J connectivity index is 0.000000164. The van der Waals surface area contributed by atoms with E-state index in [1.165, 1.54) is 32.7 Å². The summed E-state index contributed by atoms with van der Waals surface area (Å²) in [6, 6.07) is 44.5. The average Bonchev–Trinajstić information content (AvgIpc) is 3.47. The van der Waals surface area contributed by atoms with E-state index >= 15 is 0 Å². The number of benzene rings is 5. The summed E-state index contributed by atoms with van der Waals surface area (Å²) in [6.07, 6.45) is 3.76. The number of rotatable bonds is 2. The van der Waals surface area contributed by atoms with Crippen molar-refractivity contribution in [3.05, 3.63) is 145 Å². The first kappa shape index (κ1) is 33.3. The molecule has 8 aromatic rings. The van der Waals surface area contributed by atoms with Crippen LogP contribution < -0.4 is 0 Å². The minimum absolute atomic E-state index is 0. The van der Waals surface area contributed by atoms with Crippen LogP contribution in [0.25, 0.3) is 66.0 Å². The number of hydrogen-bond acceptors (Lipinski definition) is 3. The van der Waals surface area contributed by atoms with Gasteiger partial charge in [-0.2, -0.15) is 0 Å². The van der Waals surface area contributed by atoms with E-state index in [0.29, 0.717) is 0 Å². The topological polar surface area (TPSA) is 38.9 Å². The molecule has 3 heterocycles. The van der Waals surface area contributed by atoms with Crippen LogP contribution in [0.1, 0.15) is 52.7 Å². The van der Waals surface area contributed by atoms with Crippen molar-refractivity contribution in [3.63, 3.8) is 0 Å². The third-order valence-corrected chi connectivity index (χ3v) is 8.80. The summed E-state index contributed by atoms with van der Waals surface area (Å²) in [7, 11) is 0. The van der Waals surface area contributed by atoms with Crippen LogP contribution in [0.3, 0.4) is 0 Å². The Morgan fingerprint density at radius 2 is 1.19 bits per heavy atom. The molecule has 241 valence electrons. The molecule has 0 amide bonds. The van der Waals surface area contributed by atoms with Gasteiger partial charge in [0, 0.05) is 37.9 Å². The van der Waals surface area contributed by atoms with Crippen LogP contribution in [0.2, 0.25) is 0 Å². The number of furan rings is 1. The van der Waals surface area contributed by atoms with Gasteiger partial charge in [0.1, 0.15) is 5.58 Å². The van der Waals surface area contributed by atoms with Crippen LogP contribution in [-0.2, 0) is 30.9 Å². The summed E-state index contributed by atoms with van der Waals surface area (Å²) in [4.78, 5) is 9.11. The normalized spacial score (nSPS) is 11.8. The molecule has 4 heteroatoms. The van der Waals surface area contributed by atoms with E-state index in [9.17, 15) is 0 Å². The predicted molar refractivity (Wildman–Crippen MR) is 197 cm³/mol. The number of fused-ring (bicyclic) bond motifs is 6. The van der Waals surface area contributed by atoms with Gasteiger partial charge < -0.3 is 14.4 Å². The molecule has 0 aliphatic rings. The molecule has 0 unspecified atom stereocenters. The molecule has 0 aliphatic heterocycles. The molecule has 0 bridgehead atoms. The van der Waals surface area contributed by atoms with Gasteiger partial charge in [0.05, 0.1) is 5.58 Å². The summed E-state index contributed by atoms with van der Waals surface area (Å²) in [5.74, 6) is 0. The van der Waals surface area contributed by atoms with Crippen molar-refractivity contribution in [1.82, 2.24) is 9.97 Å². The Hall–Kier alpha value is -4.63. The van der Waals surface area contributed by atoms with Gasteiger partial charge in [0.15, 0.2) is 0 Å². The Morgan fingerprint density at radius 1 is 0.562 bits per heavy atom. The Kier molecular flexibility index (Phi) is 9.09. The average molecular weight is 803 g/mol. The molecule has 48 heavy (non-hydrogen) atoms. The fourth-order valence-electron chi connectivity index (χ4n) is 6.05. The first-order valence-corrected chi connectivity index (χ1v) is 16.2. The second-order valence-corrected chi connectivity index (χ2v) is 14.2. The Bertz CT molecular complexity index is 2390. The van der Waals surface area contributed by atoms with E-state index in [1.807, 2.05) is 36.7 Å². The molecular formula is C44H38IrN2O-2. The van der Waals surface area contributed by atoms with Crippen LogP contribution in [0.5, 0.6) is 0 Å². The fourth-order valence-corrected chi connectivity index (χ4v) is 6.05. The second kappa shape index (κ2) is 13.1. The van der Waals surface area contributed by atoms with E-state index in [2.05, 4.69) is 149 Å². The molecule has 3 nitrogen and oxygen atoms in total. The Morgan fingerprint density at radius 3 is 1.92 bits per heavy atom. The van der Waals surface area contributed by atoms with Gasteiger partial charge in [-0.05, 0) is 56.9 Å². The number of hydrogen-bond donors (Lipinski definition) is 0. The van der Waals surface area contributed by atoms with Crippen molar-refractivity contribution in [3.8, 4) is 22.5 Å². The molecule has 3 aromatic heterocycles. The third kappa shape index (κ3) is 6.56. The van der Waals surface area contributed by atoms with Crippen molar-refractivity contribution in [2.75, 3.05) is 0 Å². The van der Waals surface area contributed by atoms with Crippen molar-refractivity contribution in [1.29, 1.82) is 0 Å². The molecule has 0 N–H and O–H groups in total. The van der Waals surface area contributed by atoms with Crippen molar-refractivity contribution >= 4 is 43.5 Å². The molecule has 0 spiro atoms. The maximum Gasteiger partial charge on any atom is 0.120 e. The number of para-hydroxylation sites is 1. The zero-order valence-corrected chi connectivity index (χ0v) is 30.6. The minimum Gasteiger partial charge on any atom is -0.501 e. The molecule has 8 rings (SSSR count). The van der Waals surface area contributed by atoms with Crippen LogP contribution >= 0.6 is 0 Å². The summed E-state index contributed by atoms with van der Waals surface area (Å²) in [5.41, 5.74) is 8.35. The second-order valence-electron chi connectivity index (χ2n) is 14.2. The smallest absolute Gasteiger partial charge is 0.120 e. The van der Waals surface area contributed by atoms with Gasteiger partial charge in [0.25, 0.3) is 0 Å².